The lowest BCUT2D eigenvalue weighted by Gasteiger charge is -2.04. The van der Waals surface area contributed by atoms with Gasteiger partial charge in [-0.05, 0) is 24.6 Å². The monoisotopic (exact) mass is 313 g/mol. The van der Waals surface area contributed by atoms with E-state index in [1.54, 1.807) is 24.4 Å². The fraction of sp³-hybridized carbons (Fsp3) is 0.200. The van der Waals surface area contributed by atoms with E-state index in [0.717, 1.165) is 10.9 Å². The van der Waals surface area contributed by atoms with E-state index in [1.807, 2.05) is 6.07 Å². The average molecular weight is 313 g/mol. The number of amides is 1. The van der Waals surface area contributed by atoms with Crippen molar-refractivity contribution in [1.29, 1.82) is 5.26 Å². The Hall–Kier alpha value is -3.34. The number of benzene rings is 1. The van der Waals surface area contributed by atoms with Gasteiger partial charge in [-0.15, -0.1) is 0 Å². The molecule has 0 bridgehead atoms. The van der Waals surface area contributed by atoms with Crippen LogP contribution in [0.5, 0.6) is 0 Å². The van der Waals surface area contributed by atoms with Crippen molar-refractivity contribution < 1.29 is 14.7 Å². The van der Waals surface area contributed by atoms with E-state index in [2.05, 4.69) is 20.8 Å². The maximum Gasteiger partial charge on any atom is 0.303 e. The number of aliphatic carboxylic acids is 1. The Balaban J connectivity index is 1.93. The third-order valence-electron chi connectivity index (χ3n) is 3.04. The van der Waals surface area contributed by atoms with E-state index in [4.69, 9.17) is 10.4 Å². The maximum atomic E-state index is 11.8. The standard InChI is InChI=1S/C15H15N5O3/c16-7-11(15(23)17-5-1-2-14(21)22)8-18-12-4-3-10-9-19-20-13(10)6-12/h3-4,6,8-9,18H,1-2,5H2,(H,17,23)(H,19,20)(H,21,22)/b11-8-. The Morgan fingerprint density at radius 1 is 1.43 bits per heavy atom. The summed E-state index contributed by atoms with van der Waals surface area (Å²) in [6.45, 7) is 0.199. The lowest BCUT2D eigenvalue weighted by Crippen LogP contribution is -2.26. The van der Waals surface area contributed by atoms with Gasteiger partial charge in [-0.25, -0.2) is 0 Å². The van der Waals surface area contributed by atoms with Crippen molar-refractivity contribution in [3.63, 3.8) is 0 Å². The highest BCUT2D eigenvalue weighted by Gasteiger charge is 2.08. The van der Waals surface area contributed by atoms with Gasteiger partial charge in [-0.3, -0.25) is 14.7 Å². The van der Waals surface area contributed by atoms with E-state index < -0.39 is 11.9 Å². The molecule has 0 atom stereocenters. The Bertz CT molecular complexity index is 788. The molecule has 0 unspecified atom stereocenters. The molecular weight excluding hydrogens is 298 g/mol. The number of anilines is 1. The molecule has 8 nitrogen and oxygen atoms in total. The number of H-pyrrole nitrogens is 1. The van der Waals surface area contributed by atoms with E-state index in [9.17, 15) is 9.59 Å². The van der Waals surface area contributed by atoms with Crippen molar-refractivity contribution in [2.45, 2.75) is 12.8 Å². The molecule has 2 rings (SSSR count). The first-order valence-corrected chi connectivity index (χ1v) is 6.90. The molecule has 0 aliphatic rings. The number of carbonyl (C=O) groups is 2. The van der Waals surface area contributed by atoms with Crippen molar-refractivity contribution in [2.75, 3.05) is 11.9 Å². The number of nitrogens with zero attached hydrogens (tertiary/aromatic N) is 2. The Kier molecular flexibility index (Phi) is 5.30. The minimum absolute atomic E-state index is 0.0334. The molecule has 0 aliphatic heterocycles. The van der Waals surface area contributed by atoms with Gasteiger partial charge in [-0.1, -0.05) is 0 Å². The van der Waals surface area contributed by atoms with Gasteiger partial charge in [0.15, 0.2) is 0 Å². The summed E-state index contributed by atoms with van der Waals surface area (Å²) in [4.78, 5) is 22.2. The lowest BCUT2D eigenvalue weighted by molar-refractivity contribution is -0.137. The summed E-state index contributed by atoms with van der Waals surface area (Å²) in [5.74, 6) is -1.47. The average Bonchev–Trinajstić information content (AvgIpc) is 2.99. The van der Waals surface area contributed by atoms with Crippen molar-refractivity contribution in [3.8, 4) is 6.07 Å². The quantitative estimate of drug-likeness (QED) is 0.347. The molecule has 118 valence electrons. The first-order valence-electron chi connectivity index (χ1n) is 6.90. The van der Waals surface area contributed by atoms with E-state index in [-0.39, 0.29) is 18.5 Å². The van der Waals surface area contributed by atoms with E-state index >= 15 is 0 Å². The predicted molar refractivity (Wildman–Crippen MR) is 83.3 cm³/mol. The van der Waals surface area contributed by atoms with Gasteiger partial charge in [0.2, 0.25) is 0 Å². The second-order valence-electron chi connectivity index (χ2n) is 4.74. The third kappa shape index (κ3) is 4.57. The zero-order chi connectivity index (χ0) is 16.7. The minimum atomic E-state index is -0.925. The number of aromatic amines is 1. The van der Waals surface area contributed by atoms with Crippen LogP contribution >= 0.6 is 0 Å². The summed E-state index contributed by atoms with van der Waals surface area (Å²) >= 11 is 0. The summed E-state index contributed by atoms with van der Waals surface area (Å²) in [5, 5.41) is 30.6. The zero-order valence-electron chi connectivity index (χ0n) is 12.2. The number of nitrogens with one attached hydrogen (secondary N) is 3. The van der Waals surface area contributed by atoms with Crippen LogP contribution in [0.4, 0.5) is 5.69 Å². The van der Waals surface area contributed by atoms with Crippen molar-refractivity contribution in [2.24, 2.45) is 0 Å². The van der Waals surface area contributed by atoms with Gasteiger partial charge in [0, 0.05) is 30.2 Å². The van der Waals surface area contributed by atoms with Gasteiger partial charge in [0.25, 0.3) is 5.91 Å². The van der Waals surface area contributed by atoms with Crippen LogP contribution in [0.15, 0.2) is 36.2 Å². The van der Waals surface area contributed by atoms with Crippen LogP contribution in [0, 0.1) is 11.3 Å². The molecule has 0 radical (unpaired) electrons. The summed E-state index contributed by atoms with van der Waals surface area (Å²) in [6, 6.07) is 7.26. The molecule has 1 heterocycles. The van der Waals surface area contributed by atoms with E-state index in [1.165, 1.54) is 6.20 Å². The smallest absolute Gasteiger partial charge is 0.303 e. The van der Waals surface area contributed by atoms with Crippen molar-refractivity contribution >= 4 is 28.5 Å². The first kappa shape index (κ1) is 16.0. The molecule has 2 aromatic rings. The largest absolute Gasteiger partial charge is 0.481 e. The number of carbonyl (C=O) groups excluding carboxylic acids is 1. The molecule has 0 saturated heterocycles. The number of nitriles is 1. The van der Waals surface area contributed by atoms with Crippen LogP contribution < -0.4 is 10.6 Å². The number of hydrogen-bond acceptors (Lipinski definition) is 5. The van der Waals surface area contributed by atoms with Gasteiger partial charge >= 0.3 is 5.97 Å². The fourth-order valence-corrected chi connectivity index (χ4v) is 1.87. The highest BCUT2D eigenvalue weighted by molar-refractivity contribution is 5.97. The van der Waals surface area contributed by atoms with Crippen LogP contribution in [-0.2, 0) is 9.59 Å². The number of aromatic nitrogens is 2. The first-order chi connectivity index (χ1) is 11.1. The number of hydrogen-bond donors (Lipinski definition) is 4. The topological polar surface area (TPSA) is 131 Å². The zero-order valence-corrected chi connectivity index (χ0v) is 12.2. The molecule has 8 heteroatoms. The molecule has 1 aromatic heterocycles. The van der Waals surface area contributed by atoms with Gasteiger partial charge in [0.05, 0.1) is 11.7 Å². The van der Waals surface area contributed by atoms with Crippen LogP contribution in [0.3, 0.4) is 0 Å². The number of rotatable bonds is 7. The van der Waals surface area contributed by atoms with Crippen molar-refractivity contribution in [1.82, 2.24) is 15.5 Å². The van der Waals surface area contributed by atoms with Crippen LogP contribution in [-0.4, -0.2) is 33.7 Å². The van der Waals surface area contributed by atoms with Gasteiger partial charge in [0.1, 0.15) is 11.6 Å². The maximum absolute atomic E-state index is 11.8. The number of carboxylic acid groups (broad SMARTS) is 1. The summed E-state index contributed by atoms with van der Waals surface area (Å²) in [5.41, 5.74) is 1.44. The Labute approximate surface area is 131 Å². The number of carboxylic acids is 1. The fourth-order valence-electron chi connectivity index (χ4n) is 1.87. The second kappa shape index (κ2) is 7.61. The molecule has 0 spiro atoms. The predicted octanol–water partition coefficient (Wildman–Crippen LogP) is 1.36. The summed E-state index contributed by atoms with van der Waals surface area (Å²) < 4.78 is 0. The second-order valence-corrected chi connectivity index (χ2v) is 4.74. The lowest BCUT2D eigenvalue weighted by atomic mass is 10.2. The minimum Gasteiger partial charge on any atom is -0.481 e. The third-order valence-corrected chi connectivity index (χ3v) is 3.04. The molecular formula is C15H15N5O3. The molecule has 0 aliphatic carbocycles. The highest BCUT2D eigenvalue weighted by Crippen LogP contribution is 2.16. The highest BCUT2D eigenvalue weighted by atomic mass is 16.4. The van der Waals surface area contributed by atoms with Gasteiger partial charge < -0.3 is 15.7 Å². The van der Waals surface area contributed by atoms with Crippen LogP contribution in [0.2, 0.25) is 0 Å². The summed E-state index contributed by atoms with van der Waals surface area (Å²) in [6.07, 6.45) is 3.28. The Morgan fingerprint density at radius 3 is 3.00 bits per heavy atom. The van der Waals surface area contributed by atoms with Crippen molar-refractivity contribution in [3.05, 3.63) is 36.2 Å². The van der Waals surface area contributed by atoms with Gasteiger partial charge in [-0.2, -0.15) is 10.4 Å². The van der Waals surface area contributed by atoms with E-state index in [0.29, 0.717) is 12.1 Å². The molecule has 0 fully saturated rings. The molecule has 1 amide bonds. The molecule has 1 aromatic carbocycles. The van der Waals surface area contributed by atoms with Crippen LogP contribution in [0.25, 0.3) is 10.9 Å². The SMILES string of the molecule is N#C/C(=C/Nc1ccc2cn[nH]c2c1)C(=O)NCCCC(=O)O. The summed E-state index contributed by atoms with van der Waals surface area (Å²) in [7, 11) is 0. The normalized spacial score (nSPS) is 11.0. The molecule has 23 heavy (non-hydrogen) atoms. The van der Waals surface area contributed by atoms with Crippen LogP contribution in [0.1, 0.15) is 12.8 Å². The number of fused-ring (bicyclic) bond motifs is 1. The Morgan fingerprint density at radius 2 is 2.26 bits per heavy atom. The molecule has 4 N–H and O–H groups in total. The molecule has 0 saturated carbocycles.